The van der Waals surface area contributed by atoms with Crippen molar-refractivity contribution in [2.24, 2.45) is 29.6 Å². The molecule has 0 aromatic rings. The Morgan fingerprint density at radius 2 is 1.75 bits per heavy atom. The Hall–Kier alpha value is -1.98. The van der Waals surface area contributed by atoms with Crippen LogP contribution in [-0.2, 0) is 23.7 Å². The number of aliphatic hydroxyl groups excluding tert-OH is 1. The van der Waals surface area contributed by atoms with Crippen molar-refractivity contribution in [3.05, 3.63) is 23.8 Å². The molecule has 10 heteroatoms. The predicted molar refractivity (Wildman–Crippen MR) is 188 cm³/mol. The van der Waals surface area contributed by atoms with E-state index in [0.29, 0.717) is 30.9 Å². The summed E-state index contributed by atoms with van der Waals surface area (Å²) >= 11 is 0. The van der Waals surface area contributed by atoms with E-state index in [2.05, 4.69) is 70.1 Å². The third kappa shape index (κ3) is 10.8. The van der Waals surface area contributed by atoms with Gasteiger partial charge in [-0.3, -0.25) is 4.79 Å². The molecule has 0 aromatic heterocycles. The highest BCUT2D eigenvalue weighted by Gasteiger charge is 2.56. The largest absolute Gasteiger partial charge is 0.449 e. The fourth-order valence-corrected chi connectivity index (χ4v) is 8.24. The Bertz CT molecular complexity index is 1100. The molecule has 4 rings (SSSR count). The minimum atomic E-state index is -0.535. The summed E-state index contributed by atoms with van der Waals surface area (Å²) in [5, 5.41) is 13.3. The first kappa shape index (κ1) is 38.8. The molecule has 3 heterocycles. The van der Waals surface area contributed by atoms with Crippen molar-refractivity contribution in [2.45, 2.75) is 123 Å². The van der Waals surface area contributed by atoms with Gasteiger partial charge in [-0.25, -0.2) is 4.79 Å². The van der Waals surface area contributed by atoms with Gasteiger partial charge in [-0.2, -0.15) is 0 Å². The summed E-state index contributed by atoms with van der Waals surface area (Å²) in [4.78, 5) is 29.5. The third-order valence-electron chi connectivity index (χ3n) is 11.4. The van der Waals surface area contributed by atoms with E-state index >= 15 is 0 Å². The third-order valence-corrected chi connectivity index (χ3v) is 11.4. The van der Waals surface area contributed by atoms with Crippen LogP contribution in [0.15, 0.2) is 23.8 Å². The molecule has 0 spiro atoms. The highest BCUT2D eigenvalue weighted by molar-refractivity contribution is 5.78. The highest BCUT2D eigenvalue weighted by Crippen LogP contribution is 2.47. The number of carbonyl (C=O) groups is 2. The first-order chi connectivity index (χ1) is 22.8. The number of rotatable bonds is 14. The average Bonchev–Trinajstić information content (AvgIpc) is 3.73. The lowest BCUT2D eigenvalue weighted by Crippen LogP contribution is -2.47. The zero-order chi connectivity index (χ0) is 35.0. The van der Waals surface area contributed by atoms with Crippen molar-refractivity contribution < 1.29 is 33.6 Å². The van der Waals surface area contributed by atoms with Gasteiger partial charge in [0.15, 0.2) is 0 Å². The van der Waals surface area contributed by atoms with Crippen LogP contribution in [0, 0.1) is 29.6 Å². The van der Waals surface area contributed by atoms with Crippen LogP contribution in [0.2, 0.25) is 0 Å². The van der Waals surface area contributed by atoms with E-state index in [0.717, 1.165) is 71.1 Å². The summed E-state index contributed by atoms with van der Waals surface area (Å²) in [7, 11) is 3.72. The summed E-state index contributed by atoms with van der Waals surface area (Å²) in [5.41, 5.74) is 0.999. The van der Waals surface area contributed by atoms with Gasteiger partial charge in [0.05, 0.1) is 42.7 Å². The number of epoxide rings is 1. The molecule has 3 aliphatic heterocycles. The SMILES string of the molecule is CO[C@H]([C@@H](C)[C@H]1O[C@]1(C)C[C@H](C)/C=C/C=C(\C)[C@H]1O[C@@H](CNC(=O)C2CCC(COC(=O)N3CCN(C)CC3)CC2)CC[C@@H]1C)[C@@H](C)O. The Morgan fingerprint density at radius 1 is 1.06 bits per heavy atom. The van der Waals surface area contributed by atoms with Gasteiger partial charge in [0.25, 0.3) is 0 Å². The van der Waals surface area contributed by atoms with Gasteiger partial charge in [0.1, 0.15) is 0 Å². The monoisotopic (exact) mass is 675 g/mol. The van der Waals surface area contributed by atoms with Crippen LogP contribution in [0.4, 0.5) is 4.79 Å². The van der Waals surface area contributed by atoms with Crippen molar-refractivity contribution in [1.82, 2.24) is 15.1 Å². The molecule has 3 saturated heterocycles. The lowest BCUT2D eigenvalue weighted by Gasteiger charge is -2.36. The number of piperazine rings is 1. The van der Waals surface area contributed by atoms with Crippen LogP contribution >= 0.6 is 0 Å². The summed E-state index contributed by atoms with van der Waals surface area (Å²) in [6, 6.07) is 0. The first-order valence-corrected chi connectivity index (χ1v) is 18.6. The van der Waals surface area contributed by atoms with E-state index in [1.54, 1.807) is 18.9 Å². The van der Waals surface area contributed by atoms with Crippen molar-refractivity contribution in [2.75, 3.05) is 53.5 Å². The first-order valence-electron chi connectivity index (χ1n) is 18.6. The molecule has 10 nitrogen and oxygen atoms in total. The summed E-state index contributed by atoms with van der Waals surface area (Å²) < 4.78 is 23.8. The van der Waals surface area contributed by atoms with Gasteiger partial charge >= 0.3 is 6.09 Å². The van der Waals surface area contributed by atoms with Crippen LogP contribution in [0.25, 0.3) is 0 Å². The summed E-state index contributed by atoms with van der Waals surface area (Å²) in [5.74, 6) is 1.34. The van der Waals surface area contributed by atoms with E-state index in [-0.39, 0.29) is 53.9 Å². The number of nitrogens with zero attached hydrogens (tertiary/aromatic N) is 2. The molecule has 2 amide bonds. The second kappa shape index (κ2) is 17.8. The maximum absolute atomic E-state index is 13.1. The Morgan fingerprint density at radius 3 is 2.40 bits per heavy atom. The minimum Gasteiger partial charge on any atom is -0.449 e. The molecular formula is C38H65N3O7. The number of carbonyl (C=O) groups excluding carboxylic acids is 2. The van der Waals surface area contributed by atoms with Crippen LogP contribution < -0.4 is 5.32 Å². The van der Waals surface area contributed by atoms with Crippen LogP contribution in [-0.4, -0.2) is 117 Å². The van der Waals surface area contributed by atoms with Crippen molar-refractivity contribution in [3.63, 3.8) is 0 Å². The Balaban J connectivity index is 1.15. The van der Waals surface area contributed by atoms with Crippen molar-refractivity contribution in [1.29, 1.82) is 0 Å². The van der Waals surface area contributed by atoms with E-state index in [1.807, 2.05) is 0 Å². The lowest BCUT2D eigenvalue weighted by molar-refractivity contribution is -0.128. The van der Waals surface area contributed by atoms with E-state index in [1.165, 1.54) is 5.57 Å². The number of hydrogen-bond donors (Lipinski definition) is 2. The molecule has 9 atom stereocenters. The number of aliphatic hydroxyl groups is 1. The minimum absolute atomic E-state index is 0.00943. The second-order valence-corrected chi connectivity index (χ2v) is 15.7. The van der Waals surface area contributed by atoms with Crippen LogP contribution in [0.3, 0.4) is 0 Å². The number of hydrogen-bond acceptors (Lipinski definition) is 8. The molecule has 1 saturated carbocycles. The van der Waals surface area contributed by atoms with Gasteiger partial charge in [0, 0.05) is 51.7 Å². The fraction of sp³-hybridized carbons (Fsp3) is 0.842. The number of methoxy groups -OCH3 is 1. The smallest absolute Gasteiger partial charge is 0.409 e. The van der Waals surface area contributed by atoms with Crippen molar-refractivity contribution >= 4 is 12.0 Å². The number of amides is 2. The van der Waals surface area contributed by atoms with Gasteiger partial charge in [-0.05, 0) is 96.1 Å². The number of likely N-dealkylation sites (N-methyl/N-ethyl adjacent to an activating group) is 1. The molecule has 0 bridgehead atoms. The van der Waals surface area contributed by atoms with Crippen molar-refractivity contribution in [3.8, 4) is 0 Å². The zero-order valence-electron chi connectivity index (χ0n) is 31.0. The maximum Gasteiger partial charge on any atom is 0.409 e. The number of allylic oxidation sites excluding steroid dienone is 3. The summed E-state index contributed by atoms with van der Waals surface area (Å²) in [6.45, 7) is 16.8. The quantitative estimate of drug-likeness (QED) is 0.191. The molecule has 274 valence electrons. The molecule has 0 aromatic carbocycles. The topological polar surface area (TPSA) is 113 Å². The molecule has 1 aliphatic carbocycles. The van der Waals surface area contributed by atoms with Gasteiger partial charge in [0.2, 0.25) is 5.91 Å². The zero-order valence-corrected chi connectivity index (χ0v) is 31.0. The molecule has 48 heavy (non-hydrogen) atoms. The molecule has 4 aliphatic rings. The average molecular weight is 676 g/mol. The van der Waals surface area contributed by atoms with E-state index < -0.39 is 6.10 Å². The molecular weight excluding hydrogens is 610 g/mol. The number of ether oxygens (including phenoxy) is 4. The van der Waals surface area contributed by atoms with Crippen LogP contribution in [0.1, 0.15) is 86.5 Å². The van der Waals surface area contributed by atoms with E-state index in [9.17, 15) is 14.7 Å². The standard InChI is InChI=1S/C38H65N3O7/c1-25(22-38(6)35(48-38)28(4)34(45-8)29(5)42)10-9-11-26(2)33-27(3)12-17-32(47-33)23-39-36(43)31-15-13-30(14-16-31)24-46-37(44)41-20-18-40(7)19-21-41/h9-11,25,27-35,42H,12-24H2,1-8H3,(H,39,43)/b10-9+,26-11+/t25-,27+,28-,29-,30?,31?,32-,33-,34-,35-,38-/m1/s1. The number of nitrogens with one attached hydrogen (secondary N) is 1. The molecule has 4 fully saturated rings. The second-order valence-electron chi connectivity index (χ2n) is 15.7. The van der Waals surface area contributed by atoms with Crippen LogP contribution in [0.5, 0.6) is 0 Å². The maximum atomic E-state index is 13.1. The van der Waals surface area contributed by atoms with Gasteiger partial charge < -0.3 is 39.2 Å². The normalized spacial score (nSPS) is 34.4. The van der Waals surface area contributed by atoms with Gasteiger partial charge in [-0.15, -0.1) is 0 Å². The Kier molecular flexibility index (Phi) is 14.4. The summed E-state index contributed by atoms with van der Waals surface area (Å²) in [6.07, 6.45) is 12.1. The Labute approximate surface area is 289 Å². The highest BCUT2D eigenvalue weighted by atomic mass is 16.6. The molecule has 0 radical (unpaired) electrons. The predicted octanol–water partition coefficient (Wildman–Crippen LogP) is 5.19. The fourth-order valence-electron chi connectivity index (χ4n) is 8.24. The van der Waals surface area contributed by atoms with E-state index in [4.69, 9.17) is 18.9 Å². The van der Waals surface area contributed by atoms with Gasteiger partial charge in [-0.1, -0.05) is 39.0 Å². The lowest BCUT2D eigenvalue weighted by atomic mass is 9.82. The molecule has 2 N–H and O–H groups in total. The molecule has 0 unspecified atom stereocenters.